The van der Waals surface area contributed by atoms with Crippen LogP contribution in [0.1, 0.15) is 48.9 Å². The van der Waals surface area contributed by atoms with Gasteiger partial charge in [0, 0.05) is 31.0 Å². The highest BCUT2D eigenvalue weighted by atomic mass is 19.1. The number of carbonyl (C=O) groups excluding carboxylic acids is 1. The van der Waals surface area contributed by atoms with Crippen LogP contribution in [0.2, 0.25) is 0 Å². The fourth-order valence-electron chi connectivity index (χ4n) is 5.21. The molecule has 10 heteroatoms. The summed E-state index contributed by atoms with van der Waals surface area (Å²) in [6, 6.07) is 13.1. The zero-order valence-electron chi connectivity index (χ0n) is 24.8. The normalized spacial score (nSPS) is 15.4. The molecular formula is C33H37FN2O7. The number of benzene rings is 3. The molecule has 0 N–H and O–H groups in total. The molecule has 0 radical (unpaired) electrons. The monoisotopic (exact) mass is 592 g/mol. The minimum atomic E-state index is -0.520. The molecule has 0 bridgehead atoms. The second kappa shape index (κ2) is 14.1. The first-order chi connectivity index (χ1) is 21.0. The third-order valence-electron chi connectivity index (χ3n) is 7.51. The topological polar surface area (TPSA) is 88.1 Å². The van der Waals surface area contributed by atoms with Crippen LogP contribution in [0.15, 0.2) is 53.5 Å². The van der Waals surface area contributed by atoms with Crippen molar-refractivity contribution in [2.45, 2.75) is 44.6 Å². The zero-order valence-corrected chi connectivity index (χ0v) is 24.8. The van der Waals surface area contributed by atoms with Gasteiger partial charge in [0.25, 0.3) is 5.91 Å². The Kier molecular flexibility index (Phi) is 9.86. The molecule has 0 aliphatic carbocycles. The van der Waals surface area contributed by atoms with Gasteiger partial charge in [-0.25, -0.2) is 4.39 Å². The van der Waals surface area contributed by atoms with Gasteiger partial charge in [0.2, 0.25) is 0 Å². The highest BCUT2D eigenvalue weighted by molar-refractivity contribution is 6.03. The van der Waals surface area contributed by atoms with Gasteiger partial charge in [-0.05, 0) is 68.9 Å². The Bertz CT molecular complexity index is 1460. The van der Waals surface area contributed by atoms with Crippen molar-refractivity contribution in [1.29, 1.82) is 0 Å². The number of methoxy groups -OCH3 is 3. The van der Waals surface area contributed by atoms with Gasteiger partial charge in [0.15, 0.2) is 34.6 Å². The van der Waals surface area contributed by atoms with Crippen LogP contribution in [-0.4, -0.2) is 64.2 Å². The van der Waals surface area contributed by atoms with E-state index in [0.29, 0.717) is 59.0 Å². The van der Waals surface area contributed by atoms with Crippen LogP contribution >= 0.6 is 0 Å². The van der Waals surface area contributed by atoms with E-state index in [9.17, 15) is 9.18 Å². The molecule has 9 nitrogen and oxygen atoms in total. The average Bonchev–Trinajstić information content (AvgIpc) is 3.46. The molecule has 1 atom stereocenters. The Morgan fingerprint density at radius 3 is 2.23 bits per heavy atom. The molecule has 2 heterocycles. The molecule has 5 rings (SSSR count). The predicted octanol–water partition coefficient (Wildman–Crippen LogP) is 6.98. The van der Waals surface area contributed by atoms with Gasteiger partial charge in [-0.3, -0.25) is 9.79 Å². The lowest BCUT2D eigenvalue weighted by atomic mass is 10.1. The SMILES string of the molecule is COc1ccc(Oc2ccc(OCCCCCCOc3cc4c(cc3OC)C(=O)N3CCC[C@H]3C=N4)cc2F)cc1OC. The zero-order chi connectivity index (χ0) is 30.2. The van der Waals surface area contributed by atoms with Crippen LogP contribution < -0.4 is 28.4 Å². The lowest BCUT2D eigenvalue weighted by Crippen LogP contribution is -2.35. The Hall–Kier alpha value is -4.47. The maximum absolute atomic E-state index is 14.6. The minimum absolute atomic E-state index is 0.0105. The molecule has 1 fully saturated rings. The van der Waals surface area contributed by atoms with E-state index in [1.165, 1.54) is 13.2 Å². The summed E-state index contributed by atoms with van der Waals surface area (Å²) in [5, 5.41) is 0. The van der Waals surface area contributed by atoms with Gasteiger partial charge in [0.05, 0.1) is 51.8 Å². The number of halogens is 1. The number of hydrogen-bond acceptors (Lipinski definition) is 8. The molecule has 1 amide bonds. The standard InChI is InChI=1S/C33H37FN2O7/c1-38-29-13-11-24(18-30(29)39-2)43-28-12-10-23(17-26(28)34)41-15-6-4-5-7-16-42-32-20-27-25(19-31(32)40-3)33(37)36-14-8-9-22(36)21-35-27/h10-13,17-22H,4-9,14-16H2,1-3H3/t22-/m0/s1. The van der Waals surface area contributed by atoms with E-state index in [0.717, 1.165) is 45.1 Å². The quantitative estimate of drug-likeness (QED) is 0.187. The van der Waals surface area contributed by atoms with E-state index in [2.05, 4.69) is 4.99 Å². The molecule has 3 aromatic carbocycles. The summed E-state index contributed by atoms with van der Waals surface area (Å²) in [6.07, 6.45) is 7.34. The Morgan fingerprint density at radius 2 is 1.49 bits per heavy atom. The van der Waals surface area contributed by atoms with Crippen molar-refractivity contribution in [1.82, 2.24) is 4.90 Å². The summed E-state index contributed by atoms with van der Waals surface area (Å²) in [4.78, 5) is 19.5. The average molecular weight is 593 g/mol. The molecule has 2 aliphatic rings. The number of nitrogens with zero attached hydrogens (tertiary/aromatic N) is 2. The van der Waals surface area contributed by atoms with Crippen LogP contribution in [0.3, 0.4) is 0 Å². The van der Waals surface area contributed by atoms with Crippen LogP contribution in [0, 0.1) is 5.82 Å². The number of ether oxygens (including phenoxy) is 6. The van der Waals surface area contributed by atoms with Crippen LogP contribution in [0.5, 0.6) is 40.2 Å². The lowest BCUT2D eigenvalue weighted by Gasteiger charge is -2.20. The van der Waals surface area contributed by atoms with E-state index < -0.39 is 5.82 Å². The highest BCUT2D eigenvalue weighted by Gasteiger charge is 2.32. The summed E-state index contributed by atoms with van der Waals surface area (Å²) in [5.41, 5.74) is 1.16. The van der Waals surface area contributed by atoms with Crippen LogP contribution in [-0.2, 0) is 0 Å². The van der Waals surface area contributed by atoms with E-state index in [1.807, 2.05) is 11.1 Å². The predicted molar refractivity (Wildman–Crippen MR) is 161 cm³/mol. The number of aliphatic imine (C=N–C) groups is 1. The molecule has 0 spiro atoms. The highest BCUT2D eigenvalue weighted by Crippen LogP contribution is 2.38. The van der Waals surface area contributed by atoms with Crippen LogP contribution in [0.4, 0.5) is 10.1 Å². The Balaban J connectivity index is 1.03. The van der Waals surface area contributed by atoms with Gasteiger partial charge in [0.1, 0.15) is 11.5 Å². The van der Waals surface area contributed by atoms with Gasteiger partial charge in [-0.15, -0.1) is 0 Å². The number of fused-ring (bicyclic) bond motifs is 2. The van der Waals surface area contributed by atoms with Gasteiger partial charge >= 0.3 is 0 Å². The number of hydrogen-bond donors (Lipinski definition) is 0. The van der Waals surface area contributed by atoms with Crippen molar-refractivity contribution < 1.29 is 37.6 Å². The summed E-state index contributed by atoms with van der Waals surface area (Å²) < 4.78 is 48.1. The third kappa shape index (κ3) is 7.13. The molecule has 1 saturated heterocycles. The minimum Gasteiger partial charge on any atom is -0.493 e. The molecular weight excluding hydrogens is 555 g/mol. The molecule has 3 aromatic rings. The Morgan fingerprint density at radius 1 is 0.791 bits per heavy atom. The molecule has 0 unspecified atom stereocenters. The molecule has 0 saturated carbocycles. The third-order valence-corrected chi connectivity index (χ3v) is 7.51. The first-order valence-corrected chi connectivity index (χ1v) is 14.5. The van der Waals surface area contributed by atoms with Crippen molar-refractivity contribution in [3.8, 4) is 40.2 Å². The summed E-state index contributed by atoms with van der Waals surface area (Å²) >= 11 is 0. The maximum atomic E-state index is 14.6. The molecule has 228 valence electrons. The summed E-state index contributed by atoms with van der Waals surface area (Å²) in [7, 11) is 4.64. The first kappa shape index (κ1) is 30.0. The fraction of sp³-hybridized carbons (Fsp3) is 0.394. The second-order valence-corrected chi connectivity index (χ2v) is 10.3. The van der Waals surface area contributed by atoms with E-state index in [1.54, 1.807) is 56.7 Å². The molecule has 2 aliphatic heterocycles. The smallest absolute Gasteiger partial charge is 0.256 e. The van der Waals surface area contributed by atoms with Crippen molar-refractivity contribution in [3.05, 3.63) is 59.9 Å². The maximum Gasteiger partial charge on any atom is 0.256 e. The summed E-state index contributed by atoms with van der Waals surface area (Å²) in [6.45, 7) is 1.73. The number of carbonyl (C=O) groups is 1. The largest absolute Gasteiger partial charge is 0.493 e. The number of unbranched alkanes of at least 4 members (excludes halogenated alkanes) is 3. The first-order valence-electron chi connectivity index (χ1n) is 14.5. The van der Waals surface area contributed by atoms with Gasteiger partial charge < -0.3 is 33.3 Å². The summed E-state index contributed by atoms with van der Waals surface area (Å²) in [5.74, 6) is 2.59. The van der Waals surface area contributed by atoms with Crippen molar-refractivity contribution in [2.24, 2.45) is 4.99 Å². The van der Waals surface area contributed by atoms with Crippen molar-refractivity contribution >= 4 is 17.8 Å². The van der Waals surface area contributed by atoms with Gasteiger partial charge in [-0.2, -0.15) is 0 Å². The van der Waals surface area contributed by atoms with E-state index in [4.69, 9.17) is 28.4 Å². The van der Waals surface area contributed by atoms with Crippen molar-refractivity contribution in [2.75, 3.05) is 41.1 Å². The molecule has 43 heavy (non-hydrogen) atoms. The van der Waals surface area contributed by atoms with Crippen molar-refractivity contribution in [3.63, 3.8) is 0 Å². The van der Waals surface area contributed by atoms with E-state index in [-0.39, 0.29) is 17.7 Å². The number of amides is 1. The lowest BCUT2D eigenvalue weighted by molar-refractivity contribution is 0.0774. The second-order valence-electron chi connectivity index (χ2n) is 10.3. The van der Waals surface area contributed by atoms with Gasteiger partial charge in [-0.1, -0.05) is 0 Å². The van der Waals surface area contributed by atoms with Crippen LogP contribution in [0.25, 0.3) is 0 Å². The fourth-order valence-corrected chi connectivity index (χ4v) is 5.21. The Labute approximate surface area is 251 Å². The molecule has 0 aromatic heterocycles. The van der Waals surface area contributed by atoms with E-state index >= 15 is 0 Å². The number of rotatable bonds is 14.